The van der Waals surface area contributed by atoms with E-state index in [9.17, 15) is 9.59 Å². The number of benzene rings is 2. The number of carbonyl (C=O) groups is 2. The predicted octanol–water partition coefficient (Wildman–Crippen LogP) is 2.76. The van der Waals surface area contributed by atoms with Crippen LogP contribution in [-0.2, 0) is 32.0 Å². The van der Waals surface area contributed by atoms with E-state index in [1.54, 1.807) is 0 Å². The molecule has 31 heavy (non-hydrogen) atoms. The van der Waals surface area contributed by atoms with Crippen LogP contribution in [0.4, 0.5) is 0 Å². The minimum absolute atomic E-state index is 0.111. The zero-order valence-corrected chi connectivity index (χ0v) is 17.6. The van der Waals surface area contributed by atoms with Gasteiger partial charge in [0, 0.05) is 19.6 Å². The molecule has 0 radical (unpaired) electrons. The Morgan fingerprint density at radius 2 is 1.52 bits per heavy atom. The van der Waals surface area contributed by atoms with Crippen molar-refractivity contribution in [2.24, 2.45) is 0 Å². The number of hydrogen-bond donors (Lipinski definition) is 0. The maximum Gasteiger partial charge on any atom is 0.255 e. The Balaban J connectivity index is 1.41. The Bertz CT molecular complexity index is 914. The van der Waals surface area contributed by atoms with Crippen LogP contribution in [-0.4, -0.2) is 59.2 Å². The molecule has 0 saturated carbocycles. The Kier molecular flexibility index (Phi) is 5.74. The zero-order valence-electron chi connectivity index (χ0n) is 17.6. The molecule has 2 aromatic carbocycles. The highest BCUT2D eigenvalue weighted by Gasteiger charge is 2.56. The number of fused-ring (bicyclic) bond motifs is 2. The van der Waals surface area contributed by atoms with Crippen molar-refractivity contribution in [1.82, 2.24) is 9.80 Å². The van der Waals surface area contributed by atoms with Crippen LogP contribution in [0.1, 0.15) is 30.4 Å². The molecule has 2 bridgehead atoms. The van der Waals surface area contributed by atoms with Gasteiger partial charge >= 0.3 is 0 Å². The quantitative estimate of drug-likeness (QED) is 0.746. The Labute approximate surface area is 182 Å². The molecule has 3 saturated heterocycles. The number of amides is 2. The summed E-state index contributed by atoms with van der Waals surface area (Å²) in [6.45, 7) is 1.93. The van der Waals surface area contributed by atoms with Gasteiger partial charge in [-0.1, -0.05) is 60.7 Å². The van der Waals surface area contributed by atoms with Gasteiger partial charge in [-0.3, -0.25) is 9.59 Å². The zero-order chi connectivity index (χ0) is 21.2. The molecule has 3 heterocycles. The van der Waals surface area contributed by atoms with Crippen molar-refractivity contribution in [2.45, 2.75) is 56.8 Å². The van der Waals surface area contributed by atoms with E-state index >= 15 is 0 Å². The third-order valence-electron chi connectivity index (χ3n) is 6.47. The van der Waals surface area contributed by atoms with Gasteiger partial charge in [-0.25, -0.2) is 0 Å². The fourth-order valence-corrected chi connectivity index (χ4v) is 4.83. The first-order chi connectivity index (χ1) is 15.2. The molecular weight excluding hydrogens is 392 g/mol. The van der Waals surface area contributed by atoms with Gasteiger partial charge in [-0.2, -0.15) is 0 Å². The summed E-state index contributed by atoms with van der Waals surface area (Å²) >= 11 is 0. The molecule has 6 heteroatoms. The van der Waals surface area contributed by atoms with Crippen molar-refractivity contribution in [2.75, 3.05) is 13.1 Å². The Hall–Kier alpha value is -2.70. The maximum atomic E-state index is 13.5. The van der Waals surface area contributed by atoms with Crippen molar-refractivity contribution in [3.63, 3.8) is 0 Å². The molecule has 0 N–H and O–H groups in total. The van der Waals surface area contributed by atoms with Gasteiger partial charge in [0.2, 0.25) is 0 Å². The molecule has 2 amide bonds. The number of ether oxygens (including phenoxy) is 2. The van der Waals surface area contributed by atoms with Crippen molar-refractivity contribution in [3.8, 4) is 0 Å². The average molecular weight is 421 g/mol. The van der Waals surface area contributed by atoms with Crippen LogP contribution in [0.25, 0.3) is 0 Å². The first kappa shape index (κ1) is 20.2. The summed E-state index contributed by atoms with van der Waals surface area (Å²) in [5.74, 6) is -0.269. The number of nitrogens with zero attached hydrogens (tertiary/aromatic N) is 2. The summed E-state index contributed by atoms with van der Waals surface area (Å²) < 4.78 is 12.2. The van der Waals surface area contributed by atoms with E-state index in [1.165, 1.54) is 0 Å². The van der Waals surface area contributed by atoms with Gasteiger partial charge in [0.25, 0.3) is 11.8 Å². The number of piperidine rings is 1. The molecule has 2 aromatic rings. The van der Waals surface area contributed by atoms with Crippen LogP contribution < -0.4 is 0 Å². The minimum atomic E-state index is -0.866. The third kappa shape index (κ3) is 4.10. The second-order valence-corrected chi connectivity index (χ2v) is 8.58. The fourth-order valence-electron chi connectivity index (χ4n) is 4.83. The summed E-state index contributed by atoms with van der Waals surface area (Å²) in [5, 5.41) is 0. The van der Waals surface area contributed by atoms with Crippen LogP contribution >= 0.6 is 0 Å². The topological polar surface area (TPSA) is 59.1 Å². The Morgan fingerprint density at radius 3 is 2.19 bits per heavy atom. The van der Waals surface area contributed by atoms with E-state index in [2.05, 4.69) is 0 Å². The van der Waals surface area contributed by atoms with E-state index in [0.29, 0.717) is 13.0 Å². The van der Waals surface area contributed by atoms with Gasteiger partial charge in [0.15, 0.2) is 18.5 Å². The predicted molar refractivity (Wildman–Crippen MR) is 115 cm³/mol. The summed E-state index contributed by atoms with van der Waals surface area (Å²) in [6.07, 6.45) is 1.42. The Morgan fingerprint density at radius 1 is 0.871 bits per heavy atom. The molecule has 3 fully saturated rings. The summed E-state index contributed by atoms with van der Waals surface area (Å²) in [6, 6.07) is 19.7. The molecule has 0 unspecified atom stereocenters. The molecule has 0 spiro atoms. The normalized spacial score (nSPS) is 28.1. The molecule has 6 nitrogen and oxygen atoms in total. The van der Waals surface area contributed by atoms with E-state index < -0.39 is 18.5 Å². The lowest BCUT2D eigenvalue weighted by Gasteiger charge is -2.38. The van der Waals surface area contributed by atoms with Crippen LogP contribution in [0.3, 0.4) is 0 Å². The highest BCUT2D eigenvalue weighted by Crippen LogP contribution is 2.35. The van der Waals surface area contributed by atoms with Gasteiger partial charge in [-0.05, 0) is 36.8 Å². The number of likely N-dealkylation sites (tertiary alicyclic amines) is 1. The lowest BCUT2D eigenvalue weighted by atomic mass is 10.0. The highest BCUT2D eigenvalue weighted by molar-refractivity contribution is 5.92. The lowest BCUT2D eigenvalue weighted by molar-refractivity contribution is -0.177. The molecule has 3 aliphatic rings. The third-order valence-corrected chi connectivity index (χ3v) is 6.47. The SMILES string of the molecule is O=C([C@@H]1O[C@@H]2O[C@H]1C(=O)N(Cc1ccccc1)[C@H]2Cc1ccccc1)N1CCCCC1. The first-order valence-electron chi connectivity index (χ1n) is 11.2. The largest absolute Gasteiger partial charge is 0.340 e. The van der Waals surface area contributed by atoms with Crippen molar-refractivity contribution < 1.29 is 19.1 Å². The van der Waals surface area contributed by atoms with Crippen LogP contribution in [0.5, 0.6) is 0 Å². The van der Waals surface area contributed by atoms with E-state index in [1.807, 2.05) is 70.5 Å². The summed E-state index contributed by atoms with van der Waals surface area (Å²) in [5.41, 5.74) is 2.16. The minimum Gasteiger partial charge on any atom is -0.340 e. The molecule has 5 rings (SSSR count). The van der Waals surface area contributed by atoms with Gasteiger partial charge in [-0.15, -0.1) is 0 Å². The maximum absolute atomic E-state index is 13.5. The fraction of sp³-hybridized carbons (Fsp3) is 0.440. The van der Waals surface area contributed by atoms with Crippen molar-refractivity contribution in [1.29, 1.82) is 0 Å². The number of carbonyl (C=O) groups excluding carboxylic acids is 2. The van der Waals surface area contributed by atoms with Gasteiger partial charge in [0.05, 0.1) is 6.04 Å². The number of hydrogen-bond acceptors (Lipinski definition) is 4. The molecule has 4 atom stereocenters. The van der Waals surface area contributed by atoms with Crippen molar-refractivity contribution >= 4 is 11.8 Å². The first-order valence-corrected chi connectivity index (χ1v) is 11.2. The van der Waals surface area contributed by atoms with Crippen molar-refractivity contribution in [3.05, 3.63) is 71.8 Å². The van der Waals surface area contributed by atoms with Crippen LogP contribution in [0.2, 0.25) is 0 Å². The molecular formula is C25H28N2O4. The molecule has 3 aliphatic heterocycles. The standard InChI is InChI=1S/C25H28N2O4/c28-23(26-14-8-3-9-15-26)21-22-24(29)27(17-19-12-6-2-7-13-19)20(25(30-21)31-22)16-18-10-4-1-5-11-18/h1-2,4-7,10-13,20-22,25H,3,8-9,14-17H2/t20-,21+,22+,25+/m0/s1. The monoisotopic (exact) mass is 420 g/mol. The summed E-state index contributed by atoms with van der Waals surface area (Å²) in [7, 11) is 0. The second-order valence-electron chi connectivity index (χ2n) is 8.58. The van der Waals surface area contributed by atoms with E-state index in [-0.39, 0.29) is 17.9 Å². The molecule has 162 valence electrons. The smallest absolute Gasteiger partial charge is 0.255 e. The molecule has 0 aromatic heterocycles. The number of morpholine rings is 1. The molecule has 0 aliphatic carbocycles. The van der Waals surface area contributed by atoms with Crippen LogP contribution in [0, 0.1) is 0 Å². The van der Waals surface area contributed by atoms with Gasteiger partial charge in [0.1, 0.15) is 0 Å². The summed E-state index contributed by atoms with van der Waals surface area (Å²) in [4.78, 5) is 30.4. The number of rotatable bonds is 5. The van der Waals surface area contributed by atoms with E-state index in [0.717, 1.165) is 43.5 Å². The van der Waals surface area contributed by atoms with Crippen LogP contribution in [0.15, 0.2) is 60.7 Å². The highest BCUT2D eigenvalue weighted by atomic mass is 16.7. The van der Waals surface area contributed by atoms with E-state index in [4.69, 9.17) is 9.47 Å². The van der Waals surface area contributed by atoms with Gasteiger partial charge < -0.3 is 19.3 Å². The average Bonchev–Trinajstić information content (AvgIpc) is 3.23. The second kappa shape index (κ2) is 8.81. The lowest BCUT2D eigenvalue weighted by Crippen LogP contribution is -2.57.